The Balaban J connectivity index is 0.000000451. The van der Waals surface area contributed by atoms with Crippen LogP contribution in [0.4, 0.5) is 10.1 Å². The summed E-state index contributed by atoms with van der Waals surface area (Å²) in [6.07, 6.45) is 6.49. The third-order valence-electron chi connectivity index (χ3n) is 5.57. The fourth-order valence-corrected chi connectivity index (χ4v) is 3.18. The average Bonchev–Trinajstić information content (AvgIpc) is 3.48. The quantitative estimate of drug-likeness (QED) is 0.557. The minimum Gasteiger partial charge on any atom is -0.479 e. The summed E-state index contributed by atoms with van der Waals surface area (Å²) >= 11 is 0. The molecule has 0 saturated heterocycles. The molecule has 1 aromatic rings. The second kappa shape index (κ2) is 10.7. The fourth-order valence-electron chi connectivity index (χ4n) is 3.18. The Bertz CT molecular complexity index is 859. The van der Waals surface area contributed by atoms with Crippen molar-refractivity contribution in [1.82, 2.24) is 5.32 Å². The molecule has 1 fully saturated rings. The lowest BCUT2D eigenvalue weighted by molar-refractivity contribution is -0.148. The molecule has 7 nitrogen and oxygen atoms in total. The van der Waals surface area contributed by atoms with Crippen molar-refractivity contribution in [2.75, 3.05) is 11.4 Å². The molecule has 0 radical (unpaired) electrons. The molecule has 4 N–H and O–H groups in total. The number of nitrogens with two attached hydrogens (primary N) is 1. The van der Waals surface area contributed by atoms with Crippen molar-refractivity contribution < 1.29 is 23.9 Å². The molecule has 2 aliphatic rings. The molecule has 0 aromatic heterocycles. The molecule has 0 bridgehead atoms. The Morgan fingerprint density at radius 1 is 1.25 bits per heavy atom. The van der Waals surface area contributed by atoms with Crippen molar-refractivity contribution in [3.05, 3.63) is 42.0 Å². The molecule has 1 heterocycles. The second-order valence-corrected chi connectivity index (χ2v) is 9.15. The molecular formula is C24H34FN3O4. The standard InChI is InChI=1S/C20H27N3O2.C4H7FO2/c1-13(2)19(21)20(25)22-16(14-7-8-14)9-10-18(24)23-12-11-15-5-3-4-6-17(15)23;1-4(2,5)3(6)7/h3-6,9-10,13-14,16,19H,7-8,11-12,21H2,1-2H3,(H,22,25);1-2H3,(H,6,7)/b10-9+;/t16-,19?;/m1./s1. The highest BCUT2D eigenvalue weighted by Gasteiger charge is 2.32. The predicted molar refractivity (Wildman–Crippen MR) is 122 cm³/mol. The number of fused-ring (bicyclic) bond motifs is 1. The van der Waals surface area contributed by atoms with Gasteiger partial charge in [0.1, 0.15) is 0 Å². The maximum Gasteiger partial charge on any atom is 0.340 e. The van der Waals surface area contributed by atoms with Crippen LogP contribution in [0.2, 0.25) is 0 Å². The largest absolute Gasteiger partial charge is 0.479 e. The topological polar surface area (TPSA) is 113 Å². The van der Waals surface area contributed by atoms with Crippen molar-refractivity contribution in [3.8, 4) is 0 Å². The number of para-hydroxylation sites is 1. The zero-order valence-corrected chi connectivity index (χ0v) is 19.2. The normalized spacial score (nSPS) is 17.4. The number of carboxylic acids is 1. The number of benzene rings is 1. The van der Waals surface area contributed by atoms with E-state index in [0.29, 0.717) is 12.5 Å². The van der Waals surface area contributed by atoms with Gasteiger partial charge in [0.2, 0.25) is 11.6 Å². The molecule has 1 aromatic carbocycles. The second-order valence-electron chi connectivity index (χ2n) is 9.15. The molecule has 32 heavy (non-hydrogen) atoms. The van der Waals surface area contributed by atoms with Crippen LogP contribution in [0, 0.1) is 11.8 Å². The van der Waals surface area contributed by atoms with E-state index in [0.717, 1.165) is 38.8 Å². The summed E-state index contributed by atoms with van der Waals surface area (Å²) in [4.78, 5) is 36.3. The van der Waals surface area contributed by atoms with Gasteiger partial charge in [-0.3, -0.25) is 9.59 Å². The van der Waals surface area contributed by atoms with Crippen LogP contribution in [0.1, 0.15) is 46.1 Å². The third-order valence-corrected chi connectivity index (χ3v) is 5.57. The molecular weight excluding hydrogens is 413 g/mol. The molecule has 176 valence electrons. The molecule has 1 aliphatic carbocycles. The first-order valence-corrected chi connectivity index (χ1v) is 11.0. The number of anilines is 1. The summed E-state index contributed by atoms with van der Waals surface area (Å²) in [5.74, 6) is -1.09. The molecule has 0 spiro atoms. The Morgan fingerprint density at radius 3 is 2.38 bits per heavy atom. The maximum atomic E-state index is 12.6. The minimum absolute atomic E-state index is 0.0296. The number of nitrogens with zero attached hydrogens (tertiary/aromatic N) is 1. The van der Waals surface area contributed by atoms with E-state index in [9.17, 15) is 18.8 Å². The molecule has 3 rings (SSSR count). The number of carboxylic acid groups (broad SMARTS) is 1. The van der Waals surface area contributed by atoms with Crippen LogP contribution in [-0.4, -0.2) is 47.2 Å². The third kappa shape index (κ3) is 7.15. The van der Waals surface area contributed by atoms with Crippen LogP contribution in [0.25, 0.3) is 0 Å². The average molecular weight is 448 g/mol. The summed E-state index contributed by atoms with van der Waals surface area (Å²) in [5.41, 5.74) is 6.04. The van der Waals surface area contributed by atoms with Gasteiger partial charge in [0, 0.05) is 18.3 Å². The van der Waals surface area contributed by atoms with Crippen molar-refractivity contribution in [3.63, 3.8) is 0 Å². The Morgan fingerprint density at radius 2 is 1.84 bits per heavy atom. The number of amides is 2. The molecule has 2 amide bonds. The van der Waals surface area contributed by atoms with Crippen LogP contribution >= 0.6 is 0 Å². The lowest BCUT2D eigenvalue weighted by Gasteiger charge is -2.20. The van der Waals surface area contributed by atoms with Gasteiger partial charge in [-0.15, -0.1) is 0 Å². The van der Waals surface area contributed by atoms with Gasteiger partial charge in [0.25, 0.3) is 5.91 Å². The van der Waals surface area contributed by atoms with Crippen molar-refractivity contribution >= 4 is 23.5 Å². The van der Waals surface area contributed by atoms with Crippen LogP contribution in [-0.2, 0) is 20.8 Å². The zero-order chi connectivity index (χ0) is 24.1. The predicted octanol–water partition coefficient (Wildman–Crippen LogP) is 2.83. The number of halogens is 1. The summed E-state index contributed by atoms with van der Waals surface area (Å²) in [7, 11) is 0. The number of rotatable bonds is 7. The first kappa shape index (κ1) is 25.5. The Hall–Kier alpha value is -2.74. The molecule has 1 saturated carbocycles. The lowest BCUT2D eigenvalue weighted by Crippen LogP contribution is -2.48. The summed E-state index contributed by atoms with van der Waals surface area (Å²) in [5, 5.41) is 10.9. The highest BCUT2D eigenvalue weighted by molar-refractivity contribution is 6.03. The number of hydrogen-bond donors (Lipinski definition) is 3. The van der Waals surface area contributed by atoms with E-state index in [4.69, 9.17) is 10.8 Å². The summed E-state index contributed by atoms with van der Waals surface area (Å²) < 4.78 is 11.9. The number of hydrogen-bond acceptors (Lipinski definition) is 4. The van der Waals surface area contributed by atoms with Gasteiger partial charge in [-0.05, 0) is 56.6 Å². The van der Waals surface area contributed by atoms with E-state index in [1.54, 1.807) is 11.0 Å². The molecule has 8 heteroatoms. The van der Waals surface area contributed by atoms with Crippen molar-refractivity contribution in [2.45, 2.75) is 64.7 Å². The van der Waals surface area contributed by atoms with E-state index >= 15 is 0 Å². The Labute approximate surface area is 188 Å². The lowest BCUT2D eigenvalue weighted by atomic mass is 10.0. The summed E-state index contributed by atoms with van der Waals surface area (Å²) in [6.45, 7) is 6.56. The monoisotopic (exact) mass is 447 g/mol. The van der Waals surface area contributed by atoms with E-state index in [1.165, 1.54) is 5.56 Å². The van der Waals surface area contributed by atoms with Crippen LogP contribution < -0.4 is 16.0 Å². The van der Waals surface area contributed by atoms with Gasteiger partial charge in [-0.1, -0.05) is 38.1 Å². The van der Waals surface area contributed by atoms with E-state index < -0.39 is 17.7 Å². The Kier molecular flexibility index (Phi) is 8.55. The van der Waals surface area contributed by atoms with Gasteiger partial charge in [-0.2, -0.15) is 0 Å². The smallest absolute Gasteiger partial charge is 0.340 e. The van der Waals surface area contributed by atoms with Gasteiger partial charge < -0.3 is 21.1 Å². The van der Waals surface area contributed by atoms with Crippen molar-refractivity contribution in [2.24, 2.45) is 17.6 Å². The summed E-state index contributed by atoms with van der Waals surface area (Å²) in [6, 6.07) is 7.37. The fraction of sp³-hybridized carbons (Fsp3) is 0.542. The van der Waals surface area contributed by atoms with E-state index in [-0.39, 0.29) is 23.8 Å². The highest BCUT2D eigenvalue weighted by Crippen LogP contribution is 2.33. The molecule has 2 atom stereocenters. The van der Waals surface area contributed by atoms with Crippen LogP contribution in [0.3, 0.4) is 0 Å². The number of carbonyl (C=O) groups excluding carboxylic acids is 2. The van der Waals surface area contributed by atoms with Crippen LogP contribution in [0.15, 0.2) is 36.4 Å². The van der Waals surface area contributed by atoms with Gasteiger partial charge >= 0.3 is 5.97 Å². The minimum atomic E-state index is -2.08. The first-order chi connectivity index (χ1) is 14.9. The van der Waals surface area contributed by atoms with Crippen molar-refractivity contribution in [1.29, 1.82) is 0 Å². The highest BCUT2D eigenvalue weighted by atomic mass is 19.1. The molecule has 1 unspecified atom stereocenters. The maximum absolute atomic E-state index is 12.6. The van der Waals surface area contributed by atoms with Gasteiger partial charge in [0.15, 0.2) is 0 Å². The van der Waals surface area contributed by atoms with E-state index in [1.807, 2.05) is 38.1 Å². The molecule has 1 aliphatic heterocycles. The first-order valence-electron chi connectivity index (χ1n) is 11.0. The van der Waals surface area contributed by atoms with Gasteiger partial charge in [0.05, 0.1) is 12.1 Å². The number of nitrogens with one attached hydrogen (secondary N) is 1. The SMILES string of the molecule is CC(C)(F)C(=O)O.CC(C)C(N)C(=O)N[C@H](/C=C/C(=O)N1CCc2ccccc21)C1CC1. The van der Waals surface area contributed by atoms with E-state index in [2.05, 4.69) is 11.4 Å². The van der Waals surface area contributed by atoms with Crippen LogP contribution in [0.5, 0.6) is 0 Å². The van der Waals surface area contributed by atoms with Gasteiger partial charge in [-0.25, -0.2) is 9.18 Å². The number of carbonyl (C=O) groups is 3. The zero-order valence-electron chi connectivity index (χ0n) is 19.2. The number of aliphatic carboxylic acids is 1. The number of alkyl halides is 1.